The summed E-state index contributed by atoms with van der Waals surface area (Å²) in [5.41, 5.74) is -0.129. The minimum Gasteiger partial charge on any atom is -0.469 e. The van der Waals surface area contributed by atoms with E-state index in [1.165, 1.54) is 26.0 Å². The van der Waals surface area contributed by atoms with Crippen molar-refractivity contribution in [3.8, 4) is 0 Å². The summed E-state index contributed by atoms with van der Waals surface area (Å²) in [6.07, 6.45) is -0.212. The Hall–Kier alpha value is -2.17. The number of carbonyl (C=O) groups excluding carboxylic acids is 2. The number of benzene rings is 1. The van der Waals surface area contributed by atoms with E-state index in [9.17, 15) is 14.4 Å². The molecule has 7 nitrogen and oxygen atoms in total. The van der Waals surface area contributed by atoms with Crippen molar-refractivity contribution in [2.45, 2.75) is 17.1 Å². The fourth-order valence-electron chi connectivity index (χ4n) is 2.53. The second-order valence-electron chi connectivity index (χ2n) is 5.57. The zero-order valence-corrected chi connectivity index (χ0v) is 18.1. The molecular weight excluding hydrogens is 468 g/mol. The first-order valence-corrected chi connectivity index (χ1v) is 10.6. The van der Waals surface area contributed by atoms with E-state index in [1.807, 2.05) is 24.3 Å². The first kappa shape index (κ1) is 20.6. The lowest BCUT2D eigenvalue weighted by Crippen LogP contribution is -2.15. The van der Waals surface area contributed by atoms with Crippen LogP contribution < -0.4 is 5.56 Å². The Labute approximate surface area is 176 Å². The number of thioether (sulfide) groups is 1. The summed E-state index contributed by atoms with van der Waals surface area (Å²) in [6, 6.07) is 7.74. The molecule has 3 rings (SSSR count). The molecular formula is C18H15BrN2O5S2. The highest BCUT2D eigenvalue weighted by Gasteiger charge is 2.24. The standard InChI is InChI=1S/C18H15BrN2O5S2/c1-25-13(22)7-9-14-16(23)20-12(8-27-11-6-4-3-5-10(11)19)21-17(14)28-15(9)18(24)26-2/h3-6H,7-8H2,1-2H3,(H,20,21,23). The molecule has 146 valence electrons. The van der Waals surface area contributed by atoms with E-state index < -0.39 is 17.5 Å². The third-order valence-electron chi connectivity index (χ3n) is 3.83. The van der Waals surface area contributed by atoms with Crippen molar-refractivity contribution in [3.63, 3.8) is 0 Å². The maximum absolute atomic E-state index is 12.7. The number of hydrogen-bond donors (Lipinski definition) is 1. The summed E-state index contributed by atoms with van der Waals surface area (Å²) < 4.78 is 10.4. The molecule has 2 aromatic heterocycles. The number of esters is 2. The quantitative estimate of drug-likeness (QED) is 0.423. The first-order chi connectivity index (χ1) is 13.4. The third kappa shape index (κ3) is 4.29. The number of methoxy groups -OCH3 is 2. The van der Waals surface area contributed by atoms with Crippen molar-refractivity contribution in [2.75, 3.05) is 14.2 Å². The summed E-state index contributed by atoms with van der Waals surface area (Å²) in [4.78, 5) is 45.3. The van der Waals surface area contributed by atoms with Gasteiger partial charge in [0.25, 0.3) is 5.56 Å². The number of hydrogen-bond acceptors (Lipinski definition) is 8. The Morgan fingerprint density at radius 1 is 1.25 bits per heavy atom. The van der Waals surface area contributed by atoms with E-state index in [0.717, 1.165) is 20.7 Å². The van der Waals surface area contributed by atoms with Crippen molar-refractivity contribution in [1.82, 2.24) is 9.97 Å². The van der Waals surface area contributed by atoms with Gasteiger partial charge in [-0.15, -0.1) is 23.1 Å². The second kappa shape index (κ2) is 8.89. The van der Waals surface area contributed by atoms with Crippen molar-refractivity contribution in [1.29, 1.82) is 0 Å². The van der Waals surface area contributed by atoms with Gasteiger partial charge in [0.2, 0.25) is 0 Å². The second-order valence-corrected chi connectivity index (χ2v) is 8.44. The fourth-order valence-corrected chi connectivity index (χ4v) is 5.10. The van der Waals surface area contributed by atoms with E-state index in [-0.39, 0.29) is 22.2 Å². The van der Waals surface area contributed by atoms with Gasteiger partial charge in [-0.25, -0.2) is 9.78 Å². The lowest BCUT2D eigenvalue weighted by Gasteiger charge is -2.04. The first-order valence-electron chi connectivity index (χ1n) is 8.01. The average molecular weight is 483 g/mol. The number of nitrogens with one attached hydrogen (secondary N) is 1. The number of nitrogens with zero attached hydrogens (tertiary/aromatic N) is 1. The van der Waals surface area contributed by atoms with Crippen molar-refractivity contribution in [2.24, 2.45) is 0 Å². The van der Waals surface area contributed by atoms with Crippen LogP contribution in [0.1, 0.15) is 21.1 Å². The van der Waals surface area contributed by atoms with Gasteiger partial charge in [0.05, 0.1) is 31.8 Å². The molecule has 0 aliphatic carbocycles. The molecule has 0 aliphatic heterocycles. The highest BCUT2D eigenvalue weighted by molar-refractivity contribution is 9.10. The Balaban J connectivity index is 2.00. The van der Waals surface area contributed by atoms with Gasteiger partial charge < -0.3 is 14.5 Å². The number of rotatable bonds is 6. The van der Waals surface area contributed by atoms with E-state index in [4.69, 9.17) is 4.74 Å². The van der Waals surface area contributed by atoms with Gasteiger partial charge in [0.1, 0.15) is 15.5 Å². The Morgan fingerprint density at radius 2 is 2.00 bits per heavy atom. The molecule has 3 aromatic rings. The van der Waals surface area contributed by atoms with Gasteiger partial charge in [0.15, 0.2) is 0 Å². The molecule has 0 spiro atoms. The van der Waals surface area contributed by atoms with Gasteiger partial charge in [-0.2, -0.15) is 0 Å². The van der Waals surface area contributed by atoms with Gasteiger partial charge in [-0.1, -0.05) is 12.1 Å². The minimum absolute atomic E-state index is 0.177. The monoisotopic (exact) mass is 482 g/mol. The summed E-state index contributed by atoms with van der Waals surface area (Å²) in [7, 11) is 2.49. The number of thiophene rings is 1. The molecule has 10 heteroatoms. The number of aromatic amines is 1. The molecule has 1 aromatic carbocycles. The summed E-state index contributed by atoms with van der Waals surface area (Å²) in [5.74, 6) is -0.269. The third-order valence-corrected chi connectivity index (χ3v) is 6.98. The normalized spacial score (nSPS) is 10.8. The smallest absolute Gasteiger partial charge is 0.348 e. The predicted molar refractivity (Wildman–Crippen MR) is 111 cm³/mol. The Morgan fingerprint density at radius 3 is 2.68 bits per heavy atom. The van der Waals surface area contributed by atoms with Crippen LogP contribution in [0, 0.1) is 0 Å². The van der Waals surface area contributed by atoms with Crippen LogP contribution in [0.3, 0.4) is 0 Å². The van der Waals surface area contributed by atoms with Gasteiger partial charge in [-0.05, 0) is 28.1 Å². The highest BCUT2D eigenvalue weighted by Crippen LogP contribution is 2.31. The predicted octanol–water partition coefficient (Wildman–Crippen LogP) is 3.54. The van der Waals surface area contributed by atoms with Crippen LogP contribution in [-0.4, -0.2) is 36.1 Å². The molecule has 0 bridgehead atoms. The maximum Gasteiger partial charge on any atom is 0.348 e. The van der Waals surface area contributed by atoms with Gasteiger partial charge in [-0.3, -0.25) is 9.59 Å². The van der Waals surface area contributed by atoms with Crippen molar-refractivity contribution >= 4 is 61.2 Å². The zero-order chi connectivity index (χ0) is 20.3. The maximum atomic E-state index is 12.7. The van der Waals surface area contributed by atoms with Gasteiger partial charge >= 0.3 is 11.9 Å². The van der Waals surface area contributed by atoms with Gasteiger partial charge in [0, 0.05) is 14.9 Å². The molecule has 0 saturated carbocycles. The lowest BCUT2D eigenvalue weighted by molar-refractivity contribution is -0.139. The topological polar surface area (TPSA) is 98.3 Å². The van der Waals surface area contributed by atoms with Crippen LogP contribution in [0.5, 0.6) is 0 Å². The lowest BCUT2D eigenvalue weighted by atomic mass is 10.1. The molecule has 2 heterocycles. The molecule has 0 saturated heterocycles. The number of fused-ring (bicyclic) bond motifs is 1. The minimum atomic E-state index is -0.620. The summed E-state index contributed by atoms with van der Waals surface area (Å²) in [5, 5.41) is 0.213. The average Bonchev–Trinajstić information content (AvgIpc) is 3.05. The largest absolute Gasteiger partial charge is 0.469 e. The molecule has 0 amide bonds. The number of H-pyrrole nitrogens is 1. The SMILES string of the molecule is COC(=O)Cc1c(C(=O)OC)sc2nc(CSc3ccccc3Br)[nH]c(=O)c12. The fraction of sp³-hybridized carbons (Fsp3) is 0.222. The van der Waals surface area contributed by atoms with E-state index >= 15 is 0 Å². The van der Waals surface area contributed by atoms with Crippen LogP contribution in [-0.2, 0) is 26.4 Å². The summed E-state index contributed by atoms with van der Waals surface area (Å²) in [6.45, 7) is 0. The highest BCUT2D eigenvalue weighted by atomic mass is 79.9. The molecule has 0 atom stereocenters. The molecule has 0 aliphatic rings. The van der Waals surface area contributed by atoms with E-state index in [0.29, 0.717) is 16.4 Å². The number of carbonyl (C=O) groups is 2. The van der Waals surface area contributed by atoms with Crippen LogP contribution in [0.15, 0.2) is 38.4 Å². The zero-order valence-electron chi connectivity index (χ0n) is 14.9. The van der Waals surface area contributed by atoms with Crippen molar-refractivity contribution in [3.05, 3.63) is 55.4 Å². The van der Waals surface area contributed by atoms with Crippen LogP contribution in [0.2, 0.25) is 0 Å². The van der Waals surface area contributed by atoms with Crippen LogP contribution >= 0.6 is 39.0 Å². The Kier molecular flexibility index (Phi) is 6.53. The molecule has 28 heavy (non-hydrogen) atoms. The van der Waals surface area contributed by atoms with E-state index in [1.54, 1.807) is 0 Å². The van der Waals surface area contributed by atoms with Crippen LogP contribution in [0.4, 0.5) is 0 Å². The number of halogens is 1. The molecule has 0 radical (unpaired) electrons. The number of aromatic nitrogens is 2. The summed E-state index contributed by atoms with van der Waals surface area (Å²) >= 11 is 6.03. The Bertz CT molecular complexity index is 1110. The van der Waals surface area contributed by atoms with Crippen LogP contribution in [0.25, 0.3) is 10.2 Å². The van der Waals surface area contributed by atoms with Crippen molar-refractivity contribution < 1.29 is 19.1 Å². The molecule has 0 fully saturated rings. The number of ether oxygens (including phenoxy) is 2. The molecule has 0 unspecified atom stereocenters. The molecule has 1 N–H and O–H groups in total. The van der Waals surface area contributed by atoms with E-state index in [2.05, 4.69) is 30.6 Å².